The van der Waals surface area contributed by atoms with Crippen molar-refractivity contribution in [3.63, 3.8) is 0 Å². The highest BCUT2D eigenvalue weighted by Gasteiger charge is 2.14. The molecule has 2 rings (SSSR count). The molecule has 0 aliphatic rings. The van der Waals surface area contributed by atoms with Crippen molar-refractivity contribution in [3.8, 4) is 11.5 Å². The van der Waals surface area contributed by atoms with Gasteiger partial charge in [-0.25, -0.2) is 0 Å². The van der Waals surface area contributed by atoms with Gasteiger partial charge in [-0.2, -0.15) is 0 Å². The fraction of sp³-hybridized carbons (Fsp3) is 0.235. The van der Waals surface area contributed by atoms with Crippen LogP contribution < -0.4 is 20.1 Å². The van der Waals surface area contributed by atoms with Gasteiger partial charge in [-0.1, -0.05) is 6.07 Å². The maximum Gasteiger partial charge on any atom is 0.274 e. The number of nitrogens with zero attached hydrogens (tertiary/aromatic N) is 1. The minimum Gasteiger partial charge on any atom is -0.497 e. The summed E-state index contributed by atoms with van der Waals surface area (Å²) in [7, 11) is 3.03. The van der Waals surface area contributed by atoms with Crippen LogP contribution in [0.3, 0.4) is 0 Å². The fourth-order valence-corrected chi connectivity index (χ4v) is 2.29. The van der Waals surface area contributed by atoms with Crippen LogP contribution in [0.4, 0.5) is 17.1 Å². The molecule has 25 heavy (non-hydrogen) atoms. The van der Waals surface area contributed by atoms with Gasteiger partial charge in [0, 0.05) is 23.4 Å². The summed E-state index contributed by atoms with van der Waals surface area (Å²) in [5.41, 5.74) is 1.48. The van der Waals surface area contributed by atoms with E-state index >= 15 is 0 Å². The monoisotopic (exact) mass is 345 g/mol. The highest BCUT2D eigenvalue weighted by molar-refractivity contribution is 5.95. The lowest BCUT2D eigenvalue weighted by Gasteiger charge is -2.13. The van der Waals surface area contributed by atoms with Gasteiger partial charge in [-0.3, -0.25) is 14.9 Å². The second-order valence-corrected chi connectivity index (χ2v) is 5.17. The number of rotatable bonds is 7. The first kappa shape index (κ1) is 18.1. The third kappa shape index (κ3) is 4.37. The molecule has 0 atom stereocenters. The molecule has 0 heterocycles. The van der Waals surface area contributed by atoms with Crippen LogP contribution in [0.5, 0.6) is 11.5 Å². The minimum atomic E-state index is -0.457. The summed E-state index contributed by atoms with van der Waals surface area (Å²) in [5, 5.41) is 16.6. The molecule has 0 saturated heterocycles. The molecular formula is C17H19N3O5. The number of anilines is 2. The van der Waals surface area contributed by atoms with Crippen molar-refractivity contribution >= 4 is 23.0 Å². The number of benzene rings is 2. The van der Waals surface area contributed by atoms with Gasteiger partial charge in [0.05, 0.1) is 31.4 Å². The van der Waals surface area contributed by atoms with Crippen LogP contribution >= 0.6 is 0 Å². The molecule has 2 aromatic rings. The summed E-state index contributed by atoms with van der Waals surface area (Å²) in [6.45, 7) is 1.58. The van der Waals surface area contributed by atoms with Crippen LogP contribution in [0.1, 0.15) is 5.56 Å². The van der Waals surface area contributed by atoms with Gasteiger partial charge >= 0.3 is 0 Å². The first-order chi connectivity index (χ1) is 12.0. The van der Waals surface area contributed by atoms with Gasteiger partial charge in [0.1, 0.15) is 11.5 Å². The average Bonchev–Trinajstić information content (AvgIpc) is 2.60. The van der Waals surface area contributed by atoms with Crippen LogP contribution in [0.15, 0.2) is 36.4 Å². The van der Waals surface area contributed by atoms with Gasteiger partial charge in [-0.05, 0) is 25.1 Å². The Balaban J connectivity index is 2.07. The fourth-order valence-electron chi connectivity index (χ4n) is 2.29. The maximum atomic E-state index is 12.2. The van der Waals surface area contributed by atoms with Crippen molar-refractivity contribution in [2.45, 2.75) is 6.92 Å². The zero-order valence-corrected chi connectivity index (χ0v) is 14.2. The first-order valence-electron chi connectivity index (χ1n) is 7.46. The molecule has 0 spiro atoms. The van der Waals surface area contributed by atoms with Crippen LogP contribution in [0.25, 0.3) is 0 Å². The number of carbonyl (C=O) groups excluding carboxylic acids is 1. The molecule has 0 unspecified atom stereocenters. The van der Waals surface area contributed by atoms with E-state index in [9.17, 15) is 14.9 Å². The summed E-state index contributed by atoms with van der Waals surface area (Å²) in [6.07, 6.45) is 0. The second-order valence-electron chi connectivity index (χ2n) is 5.17. The van der Waals surface area contributed by atoms with Crippen molar-refractivity contribution in [1.29, 1.82) is 0 Å². The lowest BCUT2D eigenvalue weighted by molar-refractivity contribution is -0.385. The number of nitrogens with one attached hydrogen (secondary N) is 2. The van der Waals surface area contributed by atoms with Gasteiger partial charge < -0.3 is 20.1 Å². The van der Waals surface area contributed by atoms with Crippen LogP contribution in [-0.4, -0.2) is 31.6 Å². The Morgan fingerprint density at radius 3 is 2.56 bits per heavy atom. The van der Waals surface area contributed by atoms with Gasteiger partial charge in [0.25, 0.3) is 5.69 Å². The van der Waals surface area contributed by atoms with E-state index in [2.05, 4.69) is 10.6 Å². The van der Waals surface area contributed by atoms with Gasteiger partial charge in [-0.15, -0.1) is 0 Å². The Kier molecular flexibility index (Phi) is 5.78. The Labute approximate surface area is 144 Å². The zero-order valence-electron chi connectivity index (χ0n) is 14.2. The zero-order chi connectivity index (χ0) is 18.4. The van der Waals surface area contributed by atoms with Crippen molar-refractivity contribution in [2.24, 2.45) is 0 Å². The third-order valence-electron chi connectivity index (χ3n) is 3.62. The van der Waals surface area contributed by atoms with Crippen molar-refractivity contribution in [3.05, 3.63) is 52.1 Å². The molecule has 0 radical (unpaired) electrons. The SMILES string of the molecule is COc1ccc(OC)c(NC(=O)CNc2cccc([N+](=O)[O-])c2C)c1. The molecule has 8 nitrogen and oxygen atoms in total. The number of hydrogen-bond donors (Lipinski definition) is 2. The molecule has 1 amide bonds. The Hall–Kier alpha value is -3.29. The Morgan fingerprint density at radius 1 is 1.16 bits per heavy atom. The van der Waals surface area contributed by atoms with Crippen molar-refractivity contribution in [2.75, 3.05) is 31.4 Å². The number of methoxy groups -OCH3 is 2. The molecule has 0 bridgehead atoms. The van der Waals surface area contributed by atoms with Crippen molar-refractivity contribution < 1.29 is 19.2 Å². The van der Waals surface area contributed by atoms with E-state index in [1.165, 1.54) is 20.3 Å². The quantitative estimate of drug-likeness (QED) is 0.591. The molecule has 0 aliphatic heterocycles. The lowest BCUT2D eigenvalue weighted by Crippen LogP contribution is -2.22. The predicted molar refractivity (Wildman–Crippen MR) is 94.5 cm³/mol. The number of nitro groups is 1. The van der Waals surface area contributed by atoms with Crippen LogP contribution in [0, 0.1) is 17.0 Å². The van der Waals surface area contributed by atoms with E-state index < -0.39 is 4.92 Å². The molecule has 0 aromatic heterocycles. The van der Waals surface area contributed by atoms with E-state index in [0.29, 0.717) is 28.4 Å². The normalized spacial score (nSPS) is 10.0. The number of carbonyl (C=O) groups is 1. The largest absolute Gasteiger partial charge is 0.497 e. The summed E-state index contributed by atoms with van der Waals surface area (Å²) < 4.78 is 10.3. The highest BCUT2D eigenvalue weighted by atomic mass is 16.6. The number of nitro benzene ring substituents is 1. The molecule has 0 saturated carbocycles. The van der Waals surface area contributed by atoms with Crippen LogP contribution in [-0.2, 0) is 4.79 Å². The predicted octanol–water partition coefficient (Wildman–Crippen LogP) is 2.97. The summed E-state index contributed by atoms with van der Waals surface area (Å²) in [6, 6.07) is 9.72. The van der Waals surface area contributed by atoms with Gasteiger partial charge in [0.2, 0.25) is 5.91 Å². The first-order valence-corrected chi connectivity index (χ1v) is 7.46. The lowest BCUT2D eigenvalue weighted by atomic mass is 10.1. The van der Waals surface area contributed by atoms with Crippen LogP contribution in [0.2, 0.25) is 0 Å². The minimum absolute atomic E-state index is 0.000117. The molecule has 8 heteroatoms. The topological polar surface area (TPSA) is 103 Å². The van der Waals surface area contributed by atoms with Gasteiger partial charge in [0.15, 0.2) is 0 Å². The van der Waals surface area contributed by atoms with Crippen molar-refractivity contribution in [1.82, 2.24) is 0 Å². The Morgan fingerprint density at radius 2 is 1.92 bits per heavy atom. The maximum absolute atomic E-state index is 12.2. The molecule has 2 N–H and O–H groups in total. The number of hydrogen-bond acceptors (Lipinski definition) is 6. The summed E-state index contributed by atoms with van der Waals surface area (Å²) >= 11 is 0. The standard InChI is InChI=1S/C17H19N3O5/c1-11-13(5-4-6-15(11)20(22)23)18-10-17(21)19-14-9-12(24-2)7-8-16(14)25-3/h4-9,18H,10H2,1-3H3,(H,19,21). The van der Waals surface area contributed by atoms with E-state index in [1.54, 1.807) is 37.3 Å². The third-order valence-corrected chi connectivity index (χ3v) is 3.62. The molecular weight excluding hydrogens is 326 g/mol. The molecule has 0 fully saturated rings. The van der Waals surface area contributed by atoms with E-state index in [1.807, 2.05) is 0 Å². The summed E-state index contributed by atoms with van der Waals surface area (Å²) in [4.78, 5) is 22.7. The molecule has 132 valence electrons. The van der Waals surface area contributed by atoms with E-state index in [4.69, 9.17) is 9.47 Å². The number of amides is 1. The average molecular weight is 345 g/mol. The smallest absolute Gasteiger partial charge is 0.274 e. The van der Waals surface area contributed by atoms with E-state index in [0.717, 1.165) is 0 Å². The highest BCUT2D eigenvalue weighted by Crippen LogP contribution is 2.29. The second kappa shape index (κ2) is 8.00. The molecule has 0 aliphatic carbocycles. The Bertz CT molecular complexity index is 792. The summed E-state index contributed by atoms with van der Waals surface area (Å²) in [5.74, 6) is 0.761. The van der Waals surface area contributed by atoms with E-state index in [-0.39, 0.29) is 18.1 Å². The molecule has 2 aromatic carbocycles. The number of ether oxygens (including phenoxy) is 2.